The maximum atomic E-state index is 13.4. The fourth-order valence-corrected chi connectivity index (χ4v) is 3.75. The van der Waals surface area contributed by atoms with Crippen molar-refractivity contribution in [1.29, 1.82) is 0 Å². The molecule has 0 fully saturated rings. The van der Waals surface area contributed by atoms with E-state index in [2.05, 4.69) is 25.2 Å². The second kappa shape index (κ2) is 10.8. The van der Waals surface area contributed by atoms with Crippen LogP contribution in [-0.4, -0.2) is 46.9 Å². The fourth-order valence-electron chi connectivity index (χ4n) is 3.75. The number of carbonyl (C=O) groups is 2. The number of H-pyrrole nitrogens is 1. The van der Waals surface area contributed by atoms with Crippen LogP contribution in [0.5, 0.6) is 11.6 Å². The van der Waals surface area contributed by atoms with Gasteiger partial charge in [-0.15, -0.1) is 13.2 Å². The van der Waals surface area contributed by atoms with Crippen LogP contribution in [0.1, 0.15) is 57.2 Å². The van der Waals surface area contributed by atoms with Crippen molar-refractivity contribution in [3.63, 3.8) is 0 Å². The van der Waals surface area contributed by atoms with Gasteiger partial charge >= 0.3 is 6.36 Å². The average molecular weight is 536 g/mol. The summed E-state index contributed by atoms with van der Waals surface area (Å²) in [4.78, 5) is 30.0. The first-order chi connectivity index (χ1) is 21.1. The van der Waals surface area contributed by atoms with Gasteiger partial charge in [-0.1, -0.05) is 24.3 Å². The van der Waals surface area contributed by atoms with Gasteiger partial charge in [-0.3, -0.25) is 14.7 Å². The number of amides is 2. The van der Waals surface area contributed by atoms with Crippen molar-refractivity contribution in [3.8, 4) is 22.8 Å². The lowest BCUT2D eigenvalue weighted by Crippen LogP contribution is -2.28. The highest BCUT2D eigenvalue weighted by Gasteiger charge is 2.33. The van der Waals surface area contributed by atoms with Crippen molar-refractivity contribution in [3.05, 3.63) is 71.5 Å². The van der Waals surface area contributed by atoms with Crippen LogP contribution in [-0.2, 0) is 0 Å². The van der Waals surface area contributed by atoms with Crippen LogP contribution in [0.4, 0.5) is 13.2 Å². The van der Waals surface area contributed by atoms with Crippen LogP contribution in [0, 0.1) is 0 Å². The van der Waals surface area contributed by atoms with Gasteiger partial charge in [-0.05, 0) is 43.6 Å². The quantitative estimate of drug-likeness (QED) is 0.299. The molecule has 2 amide bonds. The Bertz CT molecular complexity index is 1780. The normalized spacial score (nSPS) is 16.3. The van der Waals surface area contributed by atoms with Crippen molar-refractivity contribution in [2.45, 2.75) is 26.2 Å². The number of hydrogen-bond donors (Lipinski definition) is 3. The second-order valence-corrected chi connectivity index (χ2v) is 7.87. The number of pyridine rings is 1. The van der Waals surface area contributed by atoms with Gasteiger partial charge in [0.15, 0.2) is 5.69 Å². The molecule has 0 saturated heterocycles. The Hall–Kier alpha value is -4.61. The summed E-state index contributed by atoms with van der Waals surface area (Å²) in [6.07, 6.45) is -3.80. The third-order valence-corrected chi connectivity index (χ3v) is 5.44. The number of aromatic amines is 1. The molecule has 9 nitrogen and oxygen atoms in total. The maximum Gasteiger partial charge on any atom is 0.573 e. The van der Waals surface area contributed by atoms with Gasteiger partial charge in [0.25, 0.3) is 11.8 Å². The zero-order valence-electron chi connectivity index (χ0n) is 27.4. The Morgan fingerprint density at radius 3 is 2.74 bits per heavy atom. The molecule has 0 bridgehead atoms. The SMILES string of the molecule is [2H]C([2H])([2H])Oc1ncc(-c2ccc3c(C(=O)NC([2H])([2H])C([2H])([2H])[2H])n[nH]c3c2)cc1C(=O)N[C@H](C)c1ccccc1OC(F)(F)F. The zero-order valence-corrected chi connectivity index (χ0v) is 19.4. The number of ether oxygens (including phenoxy) is 2. The van der Waals surface area contributed by atoms with Crippen LogP contribution in [0.2, 0.25) is 0 Å². The molecule has 0 aliphatic rings. The minimum Gasteiger partial charge on any atom is -0.480 e. The summed E-state index contributed by atoms with van der Waals surface area (Å²) in [6.45, 7) is -4.80. The Morgan fingerprint density at radius 1 is 1.16 bits per heavy atom. The Labute approximate surface area is 226 Å². The number of para-hydroxylation sites is 1. The summed E-state index contributed by atoms with van der Waals surface area (Å²) in [6, 6.07) is 9.69. The summed E-state index contributed by atoms with van der Waals surface area (Å²) in [5, 5.41) is 10.9. The summed E-state index contributed by atoms with van der Waals surface area (Å²) < 4.78 is 107. The van der Waals surface area contributed by atoms with Gasteiger partial charge in [0.05, 0.1) is 22.7 Å². The fraction of sp³-hybridized carbons (Fsp3) is 0.231. The van der Waals surface area contributed by atoms with Crippen molar-refractivity contribution < 1.29 is 43.2 Å². The number of halogens is 3. The van der Waals surface area contributed by atoms with Crippen LogP contribution in [0.25, 0.3) is 22.0 Å². The number of nitrogens with zero attached hydrogens (tertiary/aromatic N) is 2. The van der Waals surface area contributed by atoms with Crippen molar-refractivity contribution in [2.24, 2.45) is 0 Å². The molecule has 0 unspecified atom stereocenters. The molecule has 2 aromatic carbocycles. The largest absolute Gasteiger partial charge is 0.573 e. The lowest BCUT2D eigenvalue weighted by atomic mass is 10.0. The van der Waals surface area contributed by atoms with Crippen molar-refractivity contribution >= 4 is 22.7 Å². The highest BCUT2D eigenvalue weighted by atomic mass is 19.4. The molecular formula is C26H24F3N5O4. The summed E-state index contributed by atoms with van der Waals surface area (Å²) in [5.41, 5.74) is 0.190. The predicted molar refractivity (Wildman–Crippen MR) is 133 cm³/mol. The second-order valence-electron chi connectivity index (χ2n) is 7.87. The number of alkyl halides is 3. The number of hydrogen-bond acceptors (Lipinski definition) is 6. The molecule has 0 radical (unpaired) electrons. The first-order valence-electron chi connectivity index (χ1n) is 14.8. The maximum absolute atomic E-state index is 13.4. The van der Waals surface area contributed by atoms with E-state index in [1.165, 1.54) is 55.6 Å². The number of nitrogens with one attached hydrogen (secondary N) is 3. The van der Waals surface area contributed by atoms with Crippen molar-refractivity contribution in [2.75, 3.05) is 13.5 Å². The van der Waals surface area contributed by atoms with E-state index < -0.39 is 56.2 Å². The van der Waals surface area contributed by atoms with E-state index in [0.717, 1.165) is 6.07 Å². The van der Waals surface area contributed by atoms with Crippen LogP contribution in [0.15, 0.2) is 54.7 Å². The molecule has 0 saturated carbocycles. The van der Waals surface area contributed by atoms with Crippen LogP contribution < -0.4 is 20.1 Å². The minimum atomic E-state index is -5.00. The highest BCUT2D eigenvalue weighted by molar-refractivity contribution is 6.05. The van der Waals surface area contributed by atoms with Crippen LogP contribution >= 0.6 is 0 Å². The molecule has 0 aliphatic carbocycles. The zero-order chi connectivity index (χ0) is 34.2. The monoisotopic (exact) mass is 535 g/mol. The molecule has 4 rings (SSSR count). The lowest BCUT2D eigenvalue weighted by molar-refractivity contribution is -0.275. The van der Waals surface area contributed by atoms with Crippen LogP contribution in [0.3, 0.4) is 0 Å². The average Bonchev–Trinajstić information content (AvgIpc) is 3.34. The van der Waals surface area contributed by atoms with Gasteiger partial charge in [-0.25, -0.2) is 4.98 Å². The predicted octanol–water partition coefficient (Wildman–Crippen LogP) is 4.77. The van der Waals surface area contributed by atoms with E-state index in [9.17, 15) is 22.8 Å². The van der Waals surface area contributed by atoms with Gasteiger partial charge in [0, 0.05) is 36.1 Å². The van der Waals surface area contributed by atoms with Gasteiger partial charge < -0.3 is 20.1 Å². The molecule has 198 valence electrons. The van der Waals surface area contributed by atoms with Gasteiger partial charge in [0.2, 0.25) is 5.88 Å². The number of rotatable bonds is 8. The molecule has 3 N–H and O–H groups in total. The molecule has 38 heavy (non-hydrogen) atoms. The van der Waals surface area contributed by atoms with E-state index in [4.69, 9.17) is 15.7 Å². The first kappa shape index (κ1) is 17.8. The minimum absolute atomic E-state index is 0.0212. The molecular weight excluding hydrogens is 503 g/mol. The van der Waals surface area contributed by atoms with E-state index in [1.807, 2.05) is 0 Å². The number of carbonyl (C=O) groups excluding carboxylic acids is 2. The van der Waals surface area contributed by atoms with Gasteiger partial charge in [-0.2, -0.15) is 5.10 Å². The number of benzene rings is 2. The Kier molecular flexibility index (Phi) is 5.05. The van der Waals surface area contributed by atoms with Gasteiger partial charge in [0.1, 0.15) is 11.3 Å². The number of aromatic nitrogens is 3. The van der Waals surface area contributed by atoms with E-state index in [-0.39, 0.29) is 33.3 Å². The smallest absolute Gasteiger partial charge is 0.480 e. The summed E-state index contributed by atoms with van der Waals surface area (Å²) in [7, 11) is -3.01. The summed E-state index contributed by atoms with van der Waals surface area (Å²) in [5.74, 6) is -3.17. The molecule has 2 aromatic heterocycles. The van der Waals surface area contributed by atoms with E-state index in [1.54, 1.807) is 5.32 Å². The lowest BCUT2D eigenvalue weighted by Gasteiger charge is -2.19. The molecule has 1 atom stereocenters. The molecule has 0 spiro atoms. The third kappa shape index (κ3) is 5.69. The molecule has 0 aliphatic heterocycles. The van der Waals surface area contributed by atoms with E-state index >= 15 is 0 Å². The molecule has 12 heteroatoms. The van der Waals surface area contributed by atoms with E-state index in [0.29, 0.717) is 5.56 Å². The standard InChI is InChI=1S/C26H24F3N5O4/c1-4-30-24(36)22-18-10-9-15(12-20(18)33-34-22)16-11-19(25(37-3)31-13-16)23(35)32-14(2)17-7-5-6-8-21(17)38-26(27,28)29/h5-14H,4H2,1-3H3,(H,30,36)(H,32,35)(H,33,34)/t14-/m1/s1/i1D3,3D3,4D2. The van der Waals surface area contributed by atoms with Crippen molar-refractivity contribution in [1.82, 2.24) is 25.8 Å². The first-order valence-corrected chi connectivity index (χ1v) is 10.8. The number of methoxy groups -OCH3 is 1. The third-order valence-electron chi connectivity index (χ3n) is 5.44. The summed E-state index contributed by atoms with van der Waals surface area (Å²) >= 11 is 0. The highest BCUT2D eigenvalue weighted by Crippen LogP contribution is 2.31. The molecule has 2 heterocycles. The Balaban J connectivity index is 1.66. The Morgan fingerprint density at radius 2 is 1.97 bits per heavy atom. The molecule has 4 aromatic rings. The number of fused-ring (bicyclic) bond motifs is 1. The topological polar surface area (TPSA) is 118 Å².